The van der Waals surface area contributed by atoms with Gasteiger partial charge in [-0.25, -0.2) is 4.98 Å². The normalized spacial score (nSPS) is 10.8. The molecule has 0 spiro atoms. The molecule has 0 radical (unpaired) electrons. The van der Waals surface area contributed by atoms with Crippen molar-refractivity contribution in [2.24, 2.45) is 0 Å². The topological polar surface area (TPSA) is 54.2 Å². The number of halogens is 1. The minimum atomic E-state index is 0.284. The summed E-state index contributed by atoms with van der Waals surface area (Å²) in [4.78, 5) is 4.57. The lowest BCUT2D eigenvalue weighted by Crippen LogP contribution is -1.94. The highest BCUT2D eigenvalue weighted by atomic mass is 79.9. The molecule has 0 N–H and O–H groups in total. The van der Waals surface area contributed by atoms with Gasteiger partial charge in [0.1, 0.15) is 11.3 Å². The van der Waals surface area contributed by atoms with E-state index in [1.54, 1.807) is 6.26 Å². The van der Waals surface area contributed by atoms with Crippen LogP contribution in [0.3, 0.4) is 0 Å². The van der Waals surface area contributed by atoms with Crippen molar-refractivity contribution in [1.29, 1.82) is 5.26 Å². The number of hydrogen-bond acceptors (Lipinski definition) is 3. The second kappa shape index (κ2) is 4.56. The second-order valence-electron chi connectivity index (χ2n) is 4.25. The van der Waals surface area contributed by atoms with Crippen LogP contribution in [-0.4, -0.2) is 9.38 Å². The SMILES string of the molecule is Cc1cc2nc(-c3ccco3)c(CC#N)n2cc1Br. The van der Waals surface area contributed by atoms with E-state index in [-0.39, 0.29) is 6.42 Å². The van der Waals surface area contributed by atoms with E-state index in [0.717, 1.165) is 27.1 Å². The van der Waals surface area contributed by atoms with Crippen molar-refractivity contribution in [1.82, 2.24) is 9.38 Å². The number of pyridine rings is 1. The van der Waals surface area contributed by atoms with Crippen molar-refractivity contribution < 1.29 is 4.42 Å². The average molecular weight is 316 g/mol. The summed E-state index contributed by atoms with van der Waals surface area (Å²) >= 11 is 3.50. The molecular formula is C14H10BrN3O. The van der Waals surface area contributed by atoms with Gasteiger partial charge in [0.15, 0.2) is 5.76 Å². The maximum absolute atomic E-state index is 9.01. The summed E-state index contributed by atoms with van der Waals surface area (Å²) in [6, 6.07) is 7.83. The summed E-state index contributed by atoms with van der Waals surface area (Å²) in [5.74, 6) is 0.683. The molecular weight excluding hydrogens is 306 g/mol. The molecule has 0 amide bonds. The van der Waals surface area contributed by atoms with E-state index in [2.05, 4.69) is 27.0 Å². The number of rotatable bonds is 2. The van der Waals surface area contributed by atoms with Gasteiger partial charge < -0.3 is 8.82 Å². The molecule has 4 nitrogen and oxygen atoms in total. The monoisotopic (exact) mass is 315 g/mol. The van der Waals surface area contributed by atoms with E-state index in [9.17, 15) is 0 Å². The molecule has 0 atom stereocenters. The molecule has 0 aliphatic rings. The van der Waals surface area contributed by atoms with Gasteiger partial charge in [0.25, 0.3) is 0 Å². The first-order chi connectivity index (χ1) is 9.20. The number of aryl methyl sites for hydroxylation is 1. The Morgan fingerprint density at radius 3 is 3.05 bits per heavy atom. The van der Waals surface area contributed by atoms with Crippen LogP contribution < -0.4 is 0 Å². The average Bonchev–Trinajstić information content (AvgIpc) is 3.00. The molecule has 0 fully saturated rings. The molecule has 3 aromatic rings. The standard InChI is InChI=1S/C14H10BrN3O/c1-9-7-13-17-14(12-3-2-6-19-12)11(4-5-16)18(13)8-10(9)15/h2-3,6-8H,4H2,1H3. The Labute approximate surface area is 118 Å². The van der Waals surface area contributed by atoms with Gasteiger partial charge in [-0.15, -0.1) is 0 Å². The molecule has 3 heterocycles. The number of fused-ring (bicyclic) bond motifs is 1. The van der Waals surface area contributed by atoms with Crippen molar-refractivity contribution in [2.45, 2.75) is 13.3 Å². The predicted molar refractivity (Wildman–Crippen MR) is 74.6 cm³/mol. The fourth-order valence-electron chi connectivity index (χ4n) is 2.06. The highest BCUT2D eigenvalue weighted by molar-refractivity contribution is 9.10. The maximum Gasteiger partial charge on any atom is 0.154 e. The minimum Gasteiger partial charge on any atom is -0.463 e. The van der Waals surface area contributed by atoms with E-state index < -0.39 is 0 Å². The summed E-state index contributed by atoms with van der Waals surface area (Å²) in [6.07, 6.45) is 3.83. The van der Waals surface area contributed by atoms with E-state index in [0.29, 0.717) is 5.76 Å². The van der Waals surface area contributed by atoms with E-state index in [1.807, 2.05) is 35.7 Å². The zero-order valence-corrected chi connectivity index (χ0v) is 11.8. The minimum absolute atomic E-state index is 0.284. The second-order valence-corrected chi connectivity index (χ2v) is 5.11. The number of imidazole rings is 1. The fraction of sp³-hybridized carbons (Fsp3) is 0.143. The summed E-state index contributed by atoms with van der Waals surface area (Å²) in [5.41, 5.74) is 3.49. The smallest absolute Gasteiger partial charge is 0.154 e. The van der Waals surface area contributed by atoms with Crippen molar-refractivity contribution in [2.75, 3.05) is 0 Å². The van der Waals surface area contributed by atoms with E-state index >= 15 is 0 Å². The third kappa shape index (κ3) is 1.94. The van der Waals surface area contributed by atoms with Gasteiger partial charge in [0, 0.05) is 10.7 Å². The molecule has 0 aliphatic heterocycles. The Morgan fingerprint density at radius 1 is 1.53 bits per heavy atom. The number of nitrogens with zero attached hydrogens (tertiary/aromatic N) is 3. The molecule has 0 saturated heterocycles. The van der Waals surface area contributed by atoms with Crippen molar-refractivity contribution in [3.05, 3.63) is 46.4 Å². The third-order valence-corrected chi connectivity index (χ3v) is 3.83. The van der Waals surface area contributed by atoms with Crippen LogP contribution in [0.25, 0.3) is 17.1 Å². The van der Waals surface area contributed by atoms with Crippen LogP contribution >= 0.6 is 15.9 Å². The molecule has 0 bridgehead atoms. The lowest BCUT2D eigenvalue weighted by Gasteiger charge is -2.02. The lowest BCUT2D eigenvalue weighted by molar-refractivity contribution is 0.580. The van der Waals surface area contributed by atoms with Crippen molar-refractivity contribution in [3.63, 3.8) is 0 Å². The Kier molecular flexibility index (Phi) is 2.88. The Bertz CT molecular complexity index is 781. The fourth-order valence-corrected chi connectivity index (χ4v) is 2.38. The molecule has 3 rings (SSSR count). The first-order valence-corrected chi connectivity index (χ1v) is 6.58. The van der Waals surface area contributed by atoms with Crippen molar-refractivity contribution >= 4 is 21.6 Å². The van der Waals surface area contributed by atoms with Gasteiger partial charge in [-0.1, -0.05) is 0 Å². The zero-order valence-electron chi connectivity index (χ0n) is 10.2. The largest absolute Gasteiger partial charge is 0.463 e. The van der Waals surface area contributed by atoms with Gasteiger partial charge in [-0.05, 0) is 46.6 Å². The molecule has 3 aromatic heterocycles. The van der Waals surface area contributed by atoms with Gasteiger partial charge in [-0.3, -0.25) is 0 Å². The number of hydrogen-bond donors (Lipinski definition) is 0. The third-order valence-electron chi connectivity index (χ3n) is 3.00. The summed E-state index contributed by atoms with van der Waals surface area (Å²) in [5, 5.41) is 9.01. The molecule has 94 valence electrons. The maximum atomic E-state index is 9.01. The summed E-state index contributed by atoms with van der Waals surface area (Å²) in [6.45, 7) is 2.01. The summed E-state index contributed by atoms with van der Waals surface area (Å²) in [7, 11) is 0. The van der Waals surface area contributed by atoms with E-state index in [1.165, 1.54) is 0 Å². The highest BCUT2D eigenvalue weighted by Crippen LogP contribution is 2.27. The Morgan fingerprint density at radius 2 is 2.37 bits per heavy atom. The molecule has 0 aliphatic carbocycles. The van der Waals surface area contributed by atoms with E-state index in [4.69, 9.17) is 9.68 Å². The number of furan rings is 1. The molecule has 0 aromatic carbocycles. The van der Waals surface area contributed by atoms with Crippen LogP contribution in [0, 0.1) is 18.3 Å². The number of aromatic nitrogens is 2. The molecule has 19 heavy (non-hydrogen) atoms. The molecule has 0 unspecified atom stereocenters. The summed E-state index contributed by atoms with van der Waals surface area (Å²) < 4.78 is 8.32. The Balaban J connectivity index is 2.33. The van der Waals surface area contributed by atoms with Gasteiger partial charge >= 0.3 is 0 Å². The number of nitriles is 1. The molecule has 5 heteroatoms. The first kappa shape index (κ1) is 12.0. The van der Waals surface area contributed by atoms with Crippen LogP contribution in [0.2, 0.25) is 0 Å². The van der Waals surface area contributed by atoms with Crippen LogP contribution in [0.15, 0.2) is 39.5 Å². The quantitative estimate of drug-likeness (QED) is 0.724. The zero-order chi connectivity index (χ0) is 13.4. The van der Waals surface area contributed by atoms with Crippen LogP contribution in [-0.2, 0) is 6.42 Å². The van der Waals surface area contributed by atoms with Crippen molar-refractivity contribution in [3.8, 4) is 17.5 Å². The molecule has 0 saturated carbocycles. The predicted octanol–water partition coefficient (Wildman–Crippen LogP) is 3.73. The van der Waals surface area contributed by atoms with Gasteiger partial charge in [0.05, 0.1) is 24.4 Å². The van der Waals surface area contributed by atoms with Crippen LogP contribution in [0.5, 0.6) is 0 Å². The van der Waals surface area contributed by atoms with Crippen LogP contribution in [0.4, 0.5) is 0 Å². The first-order valence-electron chi connectivity index (χ1n) is 5.78. The lowest BCUT2D eigenvalue weighted by atomic mass is 10.2. The van der Waals surface area contributed by atoms with Gasteiger partial charge in [0.2, 0.25) is 0 Å². The van der Waals surface area contributed by atoms with Gasteiger partial charge in [-0.2, -0.15) is 5.26 Å². The Hall–Kier alpha value is -2.06. The van der Waals surface area contributed by atoms with Crippen LogP contribution in [0.1, 0.15) is 11.3 Å². The highest BCUT2D eigenvalue weighted by Gasteiger charge is 2.16.